The second-order valence-corrected chi connectivity index (χ2v) is 6.25. The van der Waals surface area contributed by atoms with Crippen molar-refractivity contribution >= 4 is 26.9 Å². The van der Waals surface area contributed by atoms with Crippen LogP contribution >= 0.6 is 0 Å². The van der Waals surface area contributed by atoms with Crippen LogP contribution in [0.3, 0.4) is 0 Å². The van der Waals surface area contributed by atoms with Crippen LogP contribution in [0.4, 0.5) is 0 Å². The molecule has 0 saturated carbocycles. The molecule has 2 rings (SSSR count). The molecular formula is C14H14O3S. The van der Waals surface area contributed by atoms with Gasteiger partial charge in [-0.25, -0.2) is 8.42 Å². The number of hydrogen-bond acceptors (Lipinski definition) is 3. The van der Waals surface area contributed by atoms with E-state index >= 15 is 0 Å². The van der Waals surface area contributed by atoms with Gasteiger partial charge in [0.05, 0.1) is 10.6 Å². The van der Waals surface area contributed by atoms with Gasteiger partial charge in [0.1, 0.15) is 6.29 Å². The molecule has 0 unspecified atom stereocenters. The fraction of sp³-hybridized carbons (Fsp3) is 0.214. The van der Waals surface area contributed by atoms with Crippen molar-refractivity contribution in [3.8, 4) is 0 Å². The summed E-state index contributed by atoms with van der Waals surface area (Å²) in [5, 5.41) is 1.93. The number of carbonyl (C=O) groups is 1. The Bertz CT molecular complexity index is 660. The van der Waals surface area contributed by atoms with Gasteiger partial charge in [-0.1, -0.05) is 30.3 Å². The average molecular weight is 262 g/mol. The minimum absolute atomic E-state index is 0.0179. The summed E-state index contributed by atoms with van der Waals surface area (Å²) in [5.41, 5.74) is 0. The van der Waals surface area contributed by atoms with Gasteiger partial charge < -0.3 is 4.79 Å². The number of sulfone groups is 1. The van der Waals surface area contributed by atoms with Crippen LogP contribution in [0.5, 0.6) is 0 Å². The lowest BCUT2D eigenvalue weighted by Gasteiger charge is -2.05. The van der Waals surface area contributed by atoms with Crippen LogP contribution in [-0.2, 0) is 14.6 Å². The van der Waals surface area contributed by atoms with Gasteiger partial charge in [0, 0.05) is 6.42 Å². The van der Waals surface area contributed by atoms with Gasteiger partial charge in [0.15, 0.2) is 9.84 Å². The second-order valence-electron chi connectivity index (χ2n) is 4.14. The van der Waals surface area contributed by atoms with Crippen molar-refractivity contribution in [2.45, 2.75) is 17.7 Å². The largest absolute Gasteiger partial charge is 0.303 e. The number of hydrogen-bond donors (Lipinski definition) is 0. The van der Waals surface area contributed by atoms with Gasteiger partial charge in [0.25, 0.3) is 0 Å². The Hall–Kier alpha value is -1.68. The highest BCUT2D eigenvalue weighted by Gasteiger charge is 2.14. The second kappa shape index (κ2) is 5.31. The molecule has 4 heteroatoms. The first-order chi connectivity index (χ1) is 8.63. The molecule has 0 aliphatic heterocycles. The maximum absolute atomic E-state index is 12.0. The Morgan fingerprint density at radius 2 is 1.72 bits per heavy atom. The number of rotatable bonds is 5. The molecule has 0 N–H and O–H groups in total. The van der Waals surface area contributed by atoms with E-state index < -0.39 is 9.84 Å². The molecule has 3 nitrogen and oxygen atoms in total. The topological polar surface area (TPSA) is 51.2 Å². The zero-order valence-corrected chi connectivity index (χ0v) is 10.7. The van der Waals surface area contributed by atoms with Crippen LogP contribution in [0.2, 0.25) is 0 Å². The Morgan fingerprint density at radius 3 is 2.44 bits per heavy atom. The lowest BCUT2D eigenvalue weighted by Crippen LogP contribution is -2.06. The van der Waals surface area contributed by atoms with E-state index in [1.807, 2.05) is 30.3 Å². The van der Waals surface area contributed by atoms with E-state index in [0.717, 1.165) is 17.1 Å². The summed E-state index contributed by atoms with van der Waals surface area (Å²) in [4.78, 5) is 10.5. The van der Waals surface area contributed by atoms with E-state index in [9.17, 15) is 13.2 Å². The third-order valence-electron chi connectivity index (χ3n) is 2.82. The maximum Gasteiger partial charge on any atom is 0.178 e. The molecule has 0 fully saturated rings. The lowest BCUT2D eigenvalue weighted by molar-refractivity contribution is -0.107. The predicted molar refractivity (Wildman–Crippen MR) is 71.3 cm³/mol. The third kappa shape index (κ3) is 2.76. The summed E-state index contributed by atoms with van der Waals surface area (Å²) in [6.45, 7) is 0. The SMILES string of the molecule is O=CCCCS(=O)(=O)c1ccc2ccccc2c1. The third-order valence-corrected chi connectivity index (χ3v) is 4.61. The van der Waals surface area contributed by atoms with E-state index in [4.69, 9.17) is 0 Å². The number of unbranched alkanes of at least 4 members (excludes halogenated alkanes) is 1. The Labute approximate surface area is 106 Å². The first-order valence-electron chi connectivity index (χ1n) is 5.79. The van der Waals surface area contributed by atoms with Gasteiger partial charge in [-0.05, 0) is 29.3 Å². The molecule has 0 aliphatic carbocycles. The minimum Gasteiger partial charge on any atom is -0.303 e. The molecule has 0 saturated heterocycles. The molecule has 0 aliphatic rings. The van der Waals surface area contributed by atoms with Crippen molar-refractivity contribution in [1.82, 2.24) is 0 Å². The zero-order valence-electron chi connectivity index (χ0n) is 9.87. The maximum atomic E-state index is 12.0. The van der Waals surface area contributed by atoms with E-state index in [2.05, 4.69) is 0 Å². The van der Waals surface area contributed by atoms with Gasteiger partial charge in [-0.2, -0.15) is 0 Å². The summed E-state index contributed by atoms with van der Waals surface area (Å²) in [6.07, 6.45) is 1.40. The van der Waals surface area contributed by atoms with Gasteiger partial charge in [-0.15, -0.1) is 0 Å². The molecule has 0 aromatic heterocycles. The van der Waals surface area contributed by atoms with Crippen LogP contribution in [-0.4, -0.2) is 20.5 Å². The van der Waals surface area contributed by atoms with Crippen LogP contribution in [0.25, 0.3) is 10.8 Å². The van der Waals surface area contributed by atoms with Crippen molar-refractivity contribution in [3.05, 3.63) is 42.5 Å². The van der Waals surface area contributed by atoms with Crippen molar-refractivity contribution in [3.63, 3.8) is 0 Å². The molecule has 0 heterocycles. The van der Waals surface area contributed by atoms with E-state index in [0.29, 0.717) is 11.3 Å². The number of fused-ring (bicyclic) bond motifs is 1. The summed E-state index contributed by atoms with van der Waals surface area (Å²) in [7, 11) is -3.28. The van der Waals surface area contributed by atoms with Crippen molar-refractivity contribution in [2.75, 3.05) is 5.75 Å². The van der Waals surface area contributed by atoms with Crippen LogP contribution < -0.4 is 0 Å². The molecule has 94 valence electrons. The Morgan fingerprint density at radius 1 is 1.00 bits per heavy atom. The number of carbonyl (C=O) groups excluding carboxylic acids is 1. The molecule has 18 heavy (non-hydrogen) atoms. The van der Waals surface area contributed by atoms with Gasteiger partial charge in [-0.3, -0.25) is 0 Å². The Balaban J connectivity index is 2.32. The summed E-state index contributed by atoms with van der Waals surface area (Å²) in [6, 6.07) is 12.7. The van der Waals surface area contributed by atoms with Gasteiger partial charge in [0.2, 0.25) is 0 Å². The van der Waals surface area contributed by atoms with E-state index in [-0.39, 0.29) is 12.2 Å². The Kier molecular flexibility index (Phi) is 3.77. The highest BCUT2D eigenvalue weighted by atomic mass is 32.2. The lowest BCUT2D eigenvalue weighted by atomic mass is 10.1. The normalized spacial score (nSPS) is 11.6. The fourth-order valence-corrected chi connectivity index (χ4v) is 3.20. The van der Waals surface area contributed by atoms with E-state index in [1.165, 1.54) is 0 Å². The molecule has 0 radical (unpaired) electrons. The number of benzene rings is 2. The predicted octanol–water partition coefficient (Wildman–Crippen LogP) is 2.59. The minimum atomic E-state index is -3.28. The van der Waals surface area contributed by atoms with Crippen LogP contribution in [0, 0.1) is 0 Å². The summed E-state index contributed by atoms with van der Waals surface area (Å²) >= 11 is 0. The van der Waals surface area contributed by atoms with Crippen molar-refractivity contribution in [1.29, 1.82) is 0 Å². The molecule has 0 atom stereocenters. The molecule has 0 amide bonds. The molecule has 2 aromatic rings. The van der Waals surface area contributed by atoms with E-state index in [1.54, 1.807) is 12.1 Å². The average Bonchev–Trinajstić information content (AvgIpc) is 2.38. The first-order valence-corrected chi connectivity index (χ1v) is 7.44. The van der Waals surface area contributed by atoms with Crippen molar-refractivity contribution < 1.29 is 13.2 Å². The zero-order chi connectivity index (χ0) is 13.0. The summed E-state index contributed by atoms with van der Waals surface area (Å²) < 4.78 is 24.1. The number of aldehydes is 1. The van der Waals surface area contributed by atoms with Crippen LogP contribution in [0.1, 0.15) is 12.8 Å². The summed E-state index contributed by atoms with van der Waals surface area (Å²) in [5.74, 6) is 0.0179. The van der Waals surface area contributed by atoms with Crippen molar-refractivity contribution in [2.24, 2.45) is 0 Å². The smallest absolute Gasteiger partial charge is 0.178 e. The standard InChI is InChI=1S/C14H14O3S/c15-9-3-4-10-18(16,17)14-8-7-12-5-1-2-6-13(12)11-14/h1-2,5-9,11H,3-4,10H2. The molecule has 2 aromatic carbocycles. The quantitative estimate of drug-likeness (QED) is 0.614. The highest BCUT2D eigenvalue weighted by Crippen LogP contribution is 2.20. The highest BCUT2D eigenvalue weighted by molar-refractivity contribution is 7.91. The first kappa shape index (κ1) is 12.8. The molecule has 0 bridgehead atoms. The molecular weight excluding hydrogens is 248 g/mol. The monoisotopic (exact) mass is 262 g/mol. The van der Waals surface area contributed by atoms with Crippen LogP contribution in [0.15, 0.2) is 47.4 Å². The van der Waals surface area contributed by atoms with Gasteiger partial charge >= 0.3 is 0 Å². The molecule has 0 spiro atoms. The fourth-order valence-electron chi connectivity index (χ4n) is 1.84.